The molecule has 0 aliphatic carbocycles. The third-order valence-corrected chi connectivity index (χ3v) is 6.32. The van der Waals surface area contributed by atoms with Gasteiger partial charge in [0.25, 0.3) is 10.0 Å². The molecular formula is C16H15FN2O2S2. The number of halogens is 1. The van der Waals surface area contributed by atoms with Gasteiger partial charge >= 0.3 is 0 Å². The van der Waals surface area contributed by atoms with Gasteiger partial charge in [0.15, 0.2) is 0 Å². The van der Waals surface area contributed by atoms with Crippen LogP contribution in [-0.4, -0.2) is 13.0 Å². The molecule has 0 aliphatic rings. The van der Waals surface area contributed by atoms with Gasteiger partial charge in [-0.05, 0) is 49.2 Å². The van der Waals surface area contributed by atoms with Gasteiger partial charge in [-0.2, -0.15) is 8.42 Å². The lowest BCUT2D eigenvalue weighted by Gasteiger charge is -2.02. The molecular weight excluding hydrogens is 335 g/mol. The first kappa shape index (κ1) is 15.9. The number of hydrogen-bond acceptors (Lipinski definition) is 3. The summed E-state index contributed by atoms with van der Waals surface area (Å²) in [5.41, 5.74) is 3.11. The molecule has 1 aromatic heterocycles. The van der Waals surface area contributed by atoms with Crippen molar-refractivity contribution >= 4 is 31.6 Å². The molecule has 0 saturated carbocycles. The summed E-state index contributed by atoms with van der Waals surface area (Å²) in [7, 11) is -2.08. The van der Waals surface area contributed by atoms with Gasteiger partial charge < -0.3 is 4.57 Å². The molecule has 0 N–H and O–H groups in total. The van der Waals surface area contributed by atoms with Crippen molar-refractivity contribution in [2.45, 2.75) is 18.7 Å². The molecule has 0 spiro atoms. The van der Waals surface area contributed by atoms with Crippen LogP contribution in [0, 0.1) is 19.7 Å². The van der Waals surface area contributed by atoms with Crippen molar-refractivity contribution in [2.24, 2.45) is 11.4 Å². The van der Waals surface area contributed by atoms with E-state index in [1.54, 1.807) is 11.6 Å². The summed E-state index contributed by atoms with van der Waals surface area (Å²) in [5, 5.41) is 0. The van der Waals surface area contributed by atoms with Crippen molar-refractivity contribution in [1.82, 2.24) is 4.57 Å². The minimum Gasteiger partial charge on any atom is -0.319 e. The summed E-state index contributed by atoms with van der Waals surface area (Å²) in [4.78, 5) is 0.367. The van der Waals surface area contributed by atoms with E-state index in [0.29, 0.717) is 4.80 Å². The summed E-state index contributed by atoms with van der Waals surface area (Å²) in [6.45, 7) is 3.96. The van der Waals surface area contributed by atoms with E-state index in [1.807, 2.05) is 26.0 Å². The zero-order chi connectivity index (χ0) is 16.8. The van der Waals surface area contributed by atoms with Gasteiger partial charge in [-0.15, -0.1) is 4.40 Å². The van der Waals surface area contributed by atoms with E-state index < -0.39 is 15.8 Å². The Morgan fingerprint density at radius 1 is 1.04 bits per heavy atom. The van der Waals surface area contributed by atoms with Crippen LogP contribution in [0.3, 0.4) is 0 Å². The predicted octanol–water partition coefficient (Wildman–Crippen LogP) is 3.29. The molecule has 0 aliphatic heterocycles. The first-order valence-electron chi connectivity index (χ1n) is 6.92. The van der Waals surface area contributed by atoms with Gasteiger partial charge in [-0.1, -0.05) is 23.5 Å². The van der Waals surface area contributed by atoms with Crippen molar-refractivity contribution in [3.8, 4) is 0 Å². The van der Waals surface area contributed by atoms with E-state index in [-0.39, 0.29) is 4.90 Å². The van der Waals surface area contributed by atoms with Crippen LogP contribution in [0.15, 0.2) is 45.7 Å². The van der Waals surface area contributed by atoms with Crippen LogP contribution >= 0.6 is 11.3 Å². The Kier molecular flexibility index (Phi) is 3.85. The van der Waals surface area contributed by atoms with E-state index in [4.69, 9.17) is 0 Å². The Morgan fingerprint density at radius 3 is 2.26 bits per heavy atom. The van der Waals surface area contributed by atoms with Gasteiger partial charge in [-0.3, -0.25) is 0 Å². The molecule has 120 valence electrons. The summed E-state index contributed by atoms with van der Waals surface area (Å²) in [6, 6.07) is 8.67. The summed E-state index contributed by atoms with van der Waals surface area (Å²) in [6.07, 6.45) is 0. The molecule has 0 atom stereocenters. The number of sulfonamides is 1. The average Bonchev–Trinajstić information content (AvgIpc) is 2.81. The largest absolute Gasteiger partial charge is 0.319 e. The maximum Gasteiger partial charge on any atom is 0.285 e. The predicted molar refractivity (Wildman–Crippen MR) is 89.4 cm³/mol. The van der Waals surface area contributed by atoms with Crippen molar-refractivity contribution in [2.75, 3.05) is 0 Å². The van der Waals surface area contributed by atoms with Crippen LogP contribution in [0.2, 0.25) is 0 Å². The second-order valence-electron chi connectivity index (χ2n) is 5.34. The third kappa shape index (κ3) is 2.82. The number of aryl methyl sites for hydroxylation is 3. The van der Waals surface area contributed by atoms with E-state index >= 15 is 0 Å². The van der Waals surface area contributed by atoms with E-state index in [0.717, 1.165) is 33.5 Å². The van der Waals surface area contributed by atoms with Crippen molar-refractivity contribution in [3.05, 3.63) is 58.1 Å². The third-order valence-electron chi connectivity index (χ3n) is 3.66. The lowest BCUT2D eigenvalue weighted by atomic mass is 10.1. The monoisotopic (exact) mass is 350 g/mol. The van der Waals surface area contributed by atoms with Crippen LogP contribution in [0.5, 0.6) is 0 Å². The van der Waals surface area contributed by atoms with Crippen LogP contribution in [0.4, 0.5) is 4.39 Å². The Labute approximate surface area is 137 Å². The van der Waals surface area contributed by atoms with Crippen molar-refractivity contribution in [3.63, 3.8) is 0 Å². The number of hydrogen-bond donors (Lipinski definition) is 0. The normalized spacial score (nSPS) is 13.0. The second kappa shape index (κ2) is 5.58. The highest BCUT2D eigenvalue weighted by Gasteiger charge is 2.15. The molecule has 0 saturated heterocycles. The number of fused-ring (bicyclic) bond motifs is 1. The molecule has 0 radical (unpaired) electrons. The molecule has 3 rings (SSSR count). The quantitative estimate of drug-likeness (QED) is 0.712. The van der Waals surface area contributed by atoms with Gasteiger partial charge in [0.05, 0.1) is 15.1 Å². The number of rotatable bonds is 2. The first-order chi connectivity index (χ1) is 10.8. The Hall–Kier alpha value is -1.99. The molecule has 0 unspecified atom stereocenters. The lowest BCUT2D eigenvalue weighted by molar-refractivity contribution is 0.595. The highest BCUT2D eigenvalue weighted by Crippen LogP contribution is 2.24. The highest BCUT2D eigenvalue weighted by molar-refractivity contribution is 7.90. The molecule has 0 bridgehead atoms. The Balaban J connectivity index is 2.26. The van der Waals surface area contributed by atoms with Gasteiger partial charge in [0.1, 0.15) is 5.82 Å². The smallest absolute Gasteiger partial charge is 0.285 e. The van der Waals surface area contributed by atoms with Gasteiger partial charge in [0.2, 0.25) is 4.80 Å². The molecule has 3 aromatic rings. The molecule has 2 aromatic carbocycles. The molecule has 1 heterocycles. The maximum atomic E-state index is 13.0. The molecule has 0 amide bonds. The topological polar surface area (TPSA) is 51.4 Å². The van der Waals surface area contributed by atoms with Crippen molar-refractivity contribution in [1.29, 1.82) is 0 Å². The first-order valence-corrected chi connectivity index (χ1v) is 9.17. The lowest BCUT2D eigenvalue weighted by Crippen LogP contribution is -2.14. The van der Waals surface area contributed by atoms with Gasteiger partial charge in [0, 0.05) is 7.05 Å². The fourth-order valence-corrected chi connectivity index (χ4v) is 4.80. The highest BCUT2D eigenvalue weighted by atomic mass is 32.2. The number of thiazole rings is 1. The zero-order valence-electron chi connectivity index (χ0n) is 12.9. The van der Waals surface area contributed by atoms with Gasteiger partial charge in [-0.25, -0.2) is 4.39 Å². The molecule has 4 nitrogen and oxygen atoms in total. The molecule has 23 heavy (non-hydrogen) atoms. The second-order valence-corrected chi connectivity index (χ2v) is 7.92. The fraction of sp³-hybridized carbons (Fsp3) is 0.188. The Bertz CT molecular complexity index is 1060. The molecule has 0 fully saturated rings. The van der Waals surface area contributed by atoms with E-state index in [1.165, 1.54) is 23.5 Å². The van der Waals surface area contributed by atoms with Crippen LogP contribution < -0.4 is 4.80 Å². The van der Waals surface area contributed by atoms with E-state index in [2.05, 4.69) is 4.40 Å². The van der Waals surface area contributed by atoms with Crippen LogP contribution in [-0.2, 0) is 17.1 Å². The minimum atomic E-state index is -3.88. The SMILES string of the molecule is Cc1ccc(C)c2c1sc(=NS(=O)(=O)c1ccc(F)cc1)n2C. The maximum absolute atomic E-state index is 13.0. The Morgan fingerprint density at radius 2 is 1.65 bits per heavy atom. The summed E-state index contributed by atoms with van der Waals surface area (Å²) in [5.74, 6) is -0.484. The number of nitrogens with zero attached hydrogens (tertiary/aromatic N) is 2. The standard InChI is InChI=1S/C16H15FN2O2S2/c1-10-4-5-11(2)15-14(10)19(3)16(22-15)18-23(20,21)13-8-6-12(17)7-9-13/h4-9H,1-3H3. The van der Waals surface area contributed by atoms with E-state index in [9.17, 15) is 12.8 Å². The summed E-state index contributed by atoms with van der Waals surface area (Å²) < 4.78 is 44.5. The van der Waals surface area contributed by atoms with Crippen molar-refractivity contribution < 1.29 is 12.8 Å². The zero-order valence-corrected chi connectivity index (χ0v) is 14.5. The fourth-order valence-electron chi connectivity index (χ4n) is 2.41. The van der Waals surface area contributed by atoms with Crippen LogP contribution in [0.25, 0.3) is 10.2 Å². The van der Waals surface area contributed by atoms with Crippen LogP contribution in [0.1, 0.15) is 11.1 Å². The number of benzene rings is 2. The molecule has 7 heteroatoms. The average molecular weight is 350 g/mol. The minimum absolute atomic E-state index is 0.0233. The number of aromatic nitrogens is 1. The summed E-state index contributed by atoms with van der Waals surface area (Å²) >= 11 is 1.33.